The molecule has 14 heavy (non-hydrogen) atoms. The summed E-state index contributed by atoms with van der Waals surface area (Å²) in [5.74, 6) is 0.721. The van der Waals surface area contributed by atoms with Gasteiger partial charge in [-0.2, -0.15) is 0 Å². The molecule has 1 rings (SSSR count). The van der Waals surface area contributed by atoms with E-state index in [1.54, 1.807) is 19.2 Å². The van der Waals surface area contributed by atoms with E-state index >= 15 is 0 Å². The molecular formula is C10H12INO2. The second kappa shape index (κ2) is 4.63. The van der Waals surface area contributed by atoms with Crippen LogP contribution >= 0.6 is 22.6 Å². The van der Waals surface area contributed by atoms with E-state index in [1.165, 1.54) is 6.92 Å². The molecule has 0 bridgehead atoms. The zero-order chi connectivity index (χ0) is 10.7. The Morgan fingerprint density at radius 3 is 2.64 bits per heavy atom. The Hall–Kier alpha value is -0.780. The Balaban J connectivity index is 3.34. The van der Waals surface area contributed by atoms with Gasteiger partial charge in [0.25, 0.3) is 0 Å². The molecule has 0 heterocycles. The smallest absolute Gasteiger partial charge is 0.161 e. The van der Waals surface area contributed by atoms with E-state index in [0.29, 0.717) is 11.3 Å². The Bertz CT molecular complexity index is 363. The number of nitrogens with two attached hydrogens (primary N) is 1. The van der Waals surface area contributed by atoms with Crippen molar-refractivity contribution in [1.29, 1.82) is 0 Å². The Morgan fingerprint density at radius 1 is 1.57 bits per heavy atom. The molecule has 0 amide bonds. The van der Waals surface area contributed by atoms with Crippen LogP contribution in [0.3, 0.4) is 0 Å². The first kappa shape index (κ1) is 11.3. The number of carbonyl (C=O) groups is 1. The maximum Gasteiger partial charge on any atom is 0.161 e. The molecule has 3 nitrogen and oxygen atoms in total. The number of hydrogen-bond donors (Lipinski definition) is 1. The third-order valence-electron chi connectivity index (χ3n) is 2.05. The summed E-state index contributed by atoms with van der Waals surface area (Å²) in [4.78, 5) is 11.2. The zero-order valence-electron chi connectivity index (χ0n) is 8.13. The van der Waals surface area contributed by atoms with Gasteiger partial charge in [0.05, 0.1) is 12.8 Å². The van der Waals surface area contributed by atoms with Crippen LogP contribution in [0.5, 0.6) is 5.75 Å². The van der Waals surface area contributed by atoms with Gasteiger partial charge in [0.1, 0.15) is 5.75 Å². The van der Waals surface area contributed by atoms with E-state index in [9.17, 15) is 4.79 Å². The van der Waals surface area contributed by atoms with Crippen molar-refractivity contribution in [2.75, 3.05) is 12.8 Å². The first-order chi connectivity index (χ1) is 6.61. The molecule has 0 fully saturated rings. The van der Waals surface area contributed by atoms with Crippen LogP contribution in [0.4, 0.5) is 5.69 Å². The molecule has 0 saturated heterocycles. The van der Waals surface area contributed by atoms with Gasteiger partial charge in [0.15, 0.2) is 5.78 Å². The fourth-order valence-corrected chi connectivity index (χ4v) is 2.07. The second-order valence-corrected chi connectivity index (χ2v) is 3.66. The summed E-state index contributed by atoms with van der Waals surface area (Å²) in [6, 6.07) is 3.48. The molecule has 0 unspecified atom stereocenters. The molecule has 1 aromatic carbocycles. The van der Waals surface area contributed by atoms with Gasteiger partial charge in [0.2, 0.25) is 0 Å². The monoisotopic (exact) mass is 305 g/mol. The zero-order valence-corrected chi connectivity index (χ0v) is 10.3. The van der Waals surface area contributed by atoms with Crippen molar-refractivity contribution in [3.05, 3.63) is 23.3 Å². The van der Waals surface area contributed by atoms with Crippen LogP contribution in [-0.2, 0) is 4.43 Å². The molecule has 0 atom stereocenters. The molecule has 0 aliphatic rings. The summed E-state index contributed by atoms with van der Waals surface area (Å²) < 4.78 is 5.89. The van der Waals surface area contributed by atoms with Crippen molar-refractivity contribution in [2.45, 2.75) is 11.4 Å². The average Bonchev–Trinajstić information content (AvgIpc) is 2.16. The van der Waals surface area contributed by atoms with E-state index in [0.717, 1.165) is 15.7 Å². The standard InChI is InChI=1S/C10H12INO2/c1-6(13)7-3-4-9(14-2)8(5-11)10(7)12/h3-4H,5,12H2,1-2H3. The largest absolute Gasteiger partial charge is 0.496 e. The van der Waals surface area contributed by atoms with Crippen LogP contribution in [0.2, 0.25) is 0 Å². The lowest BCUT2D eigenvalue weighted by Crippen LogP contribution is -2.04. The number of benzene rings is 1. The number of carbonyl (C=O) groups excluding carboxylic acids is 1. The fourth-order valence-electron chi connectivity index (χ4n) is 1.28. The predicted molar refractivity (Wildman–Crippen MR) is 65.1 cm³/mol. The van der Waals surface area contributed by atoms with Crippen molar-refractivity contribution >= 4 is 34.1 Å². The topological polar surface area (TPSA) is 52.3 Å². The van der Waals surface area contributed by atoms with Crippen molar-refractivity contribution in [1.82, 2.24) is 0 Å². The number of hydrogen-bond acceptors (Lipinski definition) is 3. The van der Waals surface area contributed by atoms with Crippen LogP contribution in [0, 0.1) is 0 Å². The third-order valence-corrected chi connectivity index (χ3v) is 2.81. The van der Waals surface area contributed by atoms with Gasteiger partial charge in [-0.3, -0.25) is 4.79 Å². The molecule has 0 aromatic heterocycles. The number of ketones is 1. The minimum Gasteiger partial charge on any atom is -0.496 e. The van der Waals surface area contributed by atoms with Gasteiger partial charge in [-0.25, -0.2) is 0 Å². The predicted octanol–water partition coefficient (Wildman–Crippen LogP) is 2.42. The summed E-state index contributed by atoms with van der Waals surface area (Å²) >= 11 is 2.20. The lowest BCUT2D eigenvalue weighted by molar-refractivity contribution is 0.101. The molecule has 0 radical (unpaired) electrons. The van der Waals surface area contributed by atoms with Crippen molar-refractivity contribution in [3.8, 4) is 5.75 Å². The molecule has 76 valence electrons. The van der Waals surface area contributed by atoms with Gasteiger partial charge in [0, 0.05) is 15.6 Å². The van der Waals surface area contributed by atoms with Crippen LogP contribution in [0.25, 0.3) is 0 Å². The number of methoxy groups -OCH3 is 1. The normalized spacial score (nSPS) is 9.93. The fraction of sp³-hybridized carbons (Fsp3) is 0.300. The van der Waals surface area contributed by atoms with Gasteiger partial charge in [-0.05, 0) is 19.1 Å². The van der Waals surface area contributed by atoms with E-state index in [-0.39, 0.29) is 5.78 Å². The number of Topliss-reactive ketones (excluding diaryl/α,β-unsaturated/α-hetero) is 1. The van der Waals surface area contributed by atoms with Crippen molar-refractivity contribution < 1.29 is 9.53 Å². The Labute approximate surface area is 96.8 Å². The molecule has 4 heteroatoms. The van der Waals surface area contributed by atoms with Crippen LogP contribution in [0.1, 0.15) is 22.8 Å². The highest BCUT2D eigenvalue weighted by atomic mass is 127. The molecule has 0 saturated carbocycles. The molecule has 1 aromatic rings. The summed E-state index contributed by atoms with van der Waals surface area (Å²) in [7, 11) is 1.60. The Kier molecular flexibility index (Phi) is 3.74. The molecule has 0 aliphatic carbocycles. The van der Waals surface area contributed by atoms with E-state index in [1.807, 2.05) is 0 Å². The number of alkyl halides is 1. The summed E-state index contributed by atoms with van der Waals surface area (Å²) in [6.45, 7) is 1.51. The van der Waals surface area contributed by atoms with E-state index in [4.69, 9.17) is 10.5 Å². The summed E-state index contributed by atoms with van der Waals surface area (Å²) in [5, 5.41) is 0. The van der Waals surface area contributed by atoms with Crippen LogP contribution in [-0.4, -0.2) is 12.9 Å². The second-order valence-electron chi connectivity index (χ2n) is 2.90. The van der Waals surface area contributed by atoms with Crippen molar-refractivity contribution in [2.24, 2.45) is 0 Å². The lowest BCUT2D eigenvalue weighted by Gasteiger charge is -2.11. The van der Waals surface area contributed by atoms with Gasteiger partial charge >= 0.3 is 0 Å². The summed E-state index contributed by atoms with van der Waals surface area (Å²) in [5.41, 5.74) is 7.86. The molecule has 0 aliphatic heterocycles. The highest BCUT2D eigenvalue weighted by Crippen LogP contribution is 2.30. The van der Waals surface area contributed by atoms with Gasteiger partial charge < -0.3 is 10.5 Å². The summed E-state index contributed by atoms with van der Waals surface area (Å²) in [6.07, 6.45) is 0. The highest BCUT2D eigenvalue weighted by molar-refractivity contribution is 14.1. The molecule has 2 N–H and O–H groups in total. The number of ether oxygens (including phenoxy) is 1. The maximum absolute atomic E-state index is 11.2. The quantitative estimate of drug-likeness (QED) is 0.404. The average molecular weight is 305 g/mol. The third kappa shape index (κ3) is 2.00. The first-order valence-electron chi connectivity index (χ1n) is 4.14. The lowest BCUT2D eigenvalue weighted by atomic mass is 10.0. The molecular weight excluding hydrogens is 293 g/mol. The van der Waals surface area contributed by atoms with E-state index in [2.05, 4.69) is 22.6 Å². The maximum atomic E-state index is 11.2. The Morgan fingerprint density at radius 2 is 2.21 bits per heavy atom. The number of anilines is 1. The van der Waals surface area contributed by atoms with E-state index < -0.39 is 0 Å². The number of rotatable bonds is 3. The first-order valence-corrected chi connectivity index (χ1v) is 5.66. The van der Waals surface area contributed by atoms with Crippen LogP contribution < -0.4 is 10.5 Å². The minimum absolute atomic E-state index is 0.0174. The van der Waals surface area contributed by atoms with Crippen LogP contribution in [0.15, 0.2) is 12.1 Å². The van der Waals surface area contributed by atoms with Gasteiger partial charge in [-0.1, -0.05) is 22.6 Å². The highest BCUT2D eigenvalue weighted by Gasteiger charge is 2.12. The van der Waals surface area contributed by atoms with Gasteiger partial charge in [-0.15, -0.1) is 0 Å². The number of halogens is 1. The number of nitrogen functional groups attached to an aromatic ring is 1. The SMILES string of the molecule is COc1ccc(C(C)=O)c(N)c1CI. The van der Waals surface area contributed by atoms with Crippen molar-refractivity contribution in [3.63, 3.8) is 0 Å². The minimum atomic E-state index is -0.0174. The molecule has 0 spiro atoms.